The van der Waals surface area contributed by atoms with Crippen LogP contribution in [0.5, 0.6) is 0 Å². The van der Waals surface area contributed by atoms with Crippen LogP contribution in [0.1, 0.15) is 29.9 Å². The molecule has 1 aliphatic rings. The number of oxazole rings is 1. The summed E-state index contributed by atoms with van der Waals surface area (Å²) in [6, 6.07) is 7.04. The zero-order valence-electron chi connectivity index (χ0n) is 11.6. The molecule has 0 spiro atoms. The van der Waals surface area contributed by atoms with Gasteiger partial charge >= 0.3 is 0 Å². The fourth-order valence-electron chi connectivity index (χ4n) is 2.42. The Morgan fingerprint density at radius 3 is 2.68 bits per heavy atom. The van der Waals surface area contributed by atoms with Crippen LogP contribution >= 0.6 is 0 Å². The Hall–Kier alpha value is -1.61. The van der Waals surface area contributed by atoms with E-state index in [1.165, 1.54) is 29.5 Å². The fourth-order valence-corrected chi connectivity index (χ4v) is 2.42. The van der Waals surface area contributed by atoms with E-state index in [1.54, 1.807) is 0 Å². The summed E-state index contributed by atoms with van der Waals surface area (Å²) >= 11 is 0. The van der Waals surface area contributed by atoms with E-state index < -0.39 is 0 Å². The Morgan fingerprint density at radius 2 is 2.00 bits per heavy atom. The SMILES string of the molecule is Cc1cccc(C)c1-c1cnc(CCNC2CC2)o1. The highest BCUT2D eigenvalue weighted by Crippen LogP contribution is 2.27. The van der Waals surface area contributed by atoms with E-state index in [0.717, 1.165) is 30.7 Å². The van der Waals surface area contributed by atoms with Gasteiger partial charge in [-0.2, -0.15) is 0 Å². The lowest BCUT2D eigenvalue weighted by molar-refractivity contribution is 0.494. The van der Waals surface area contributed by atoms with Crippen LogP contribution in [0, 0.1) is 13.8 Å². The molecule has 0 amide bonds. The van der Waals surface area contributed by atoms with Crippen molar-refractivity contribution in [3.05, 3.63) is 41.4 Å². The predicted molar refractivity (Wildman–Crippen MR) is 76.1 cm³/mol. The van der Waals surface area contributed by atoms with Crippen molar-refractivity contribution in [1.82, 2.24) is 10.3 Å². The molecule has 1 aliphatic carbocycles. The Labute approximate surface area is 114 Å². The summed E-state index contributed by atoms with van der Waals surface area (Å²) in [6.45, 7) is 5.18. The van der Waals surface area contributed by atoms with Crippen LogP contribution in [0.2, 0.25) is 0 Å². The first-order chi connectivity index (χ1) is 9.24. The third-order valence-corrected chi connectivity index (χ3v) is 3.63. The molecule has 3 nitrogen and oxygen atoms in total. The van der Waals surface area contributed by atoms with Gasteiger partial charge in [0.2, 0.25) is 0 Å². The molecule has 1 heterocycles. The molecule has 1 aromatic heterocycles. The van der Waals surface area contributed by atoms with Crippen LogP contribution in [0.4, 0.5) is 0 Å². The Kier molecular flexibility index (Phi) is 3.38. The lowest BCUT2D eigenvalue weighted by Gasteiger charge is -2.05. The summed E-state index contributed by atoms with van der Waals surface area (Å²) in [6.07, 6.45) is 5.35. The number of aromatic nitrogens is 1. The second-order valence-electron chi connectivity index (χ2n) is 5.36. The Balaban J connectivity index is 1.72. The van der Waals surface area contributed by atoms with Gasteiger partial charge in [-0.3, -0.25) is 0 Å². The van der Waals surface area contributed by atoms with Crippen molar-refractivity contribution >= 4 is 0 Å². The molecule has 1 fully saturated rings. The van der Waals surface area contributed by atoms with Crippen molar-refractivity contribution in [2.45, 2.75) is 39.2 Å². The van der Waals surface area contributed by atoms with Crippen molar-refractivity contribution in [2.24, 2.45) is 0 Å². The lowest BCUT2D eigenvalue weighted by atomic mass is 10.0. The van der Waals surface area contributed by atoms with Gasteiger partial charge in [0.15, 0.2) is 11.7 Å². The van der Waals surface area contributed by atoms with Crippen molar-refractivity contribution < 1.29 is 4.42 Å². The van der Waals surface area contributed by atoms with Crippen molar-refractivity contribution in [1.29, 1.82) is 0 Å². The minimum atomic E-state index is 0.744. The molecule has 0 bridgehead atoms. The number of hydrogen-bond acceptors (Lipinski definition) is 3. The quantitative estimate of drug-likeness (QED) is 0.892. The summed E-state index contributed by atoms with van der Waals surface area (Å²) in [5.74, 6) is 1.71. The highest BCUT2D eigenvalue weighted by molar-refractivity contribution is 5.65. The topological polar surface area (TPSA) is 38.1 Å². The number of nitrogens with one attached hydrogen (secondary N) is 1. The van der Waals surface area contributed by atoms with Crippen LogP contribution in [0.3, 0.4) is 0 Å². The molecule has 100 valence electrons. The summed E-state index contributed by atoms with van der Waals surface area (Å²) in [4.78, 5) is 4.39. The molecule has 2 aromatic rings. The minimum Gasteiger partial charge on any atom is -0.441 e. The van der Waals surface area contributed by atoms with Gasteiger partial charge in [-0.05, 0) is 37.8 Å². The second kappa shape index (κ2) is 5.17. The van der Waals surface area contributed by atoms with Crippen LogP contribution < -0.4 is 5.32 Å². The number of rotatable bonds is 5. The Morgan fingerprint density at radius 1 is 1.26 bits per heavy atom. The maximum Gasteiger partial charge on any atom is 0.196 e. The van der Waals surface area contributed by atoms with Crippen molar-refractivity contribution in [3.8, 4) is 11.3 Å². The van der Waals surface area contributed by atoms with Gasteiger partial charge in [-0.25, -0.2) is 4.98 Å². The summed E-state index contributed by atoms with van der Waals surface area (Å²) in [5.41, 5.74) is 3.65. The normalized spacial score (nSPS) is 14.8. The van der Waals surface area contributed by atoms with Crippen LogP contribution in [0.25, 0.3) is 11.3 Å². The molecule has 19 heavy (non-hydrogen) atoms. The van der Waals surface area contributed by atoms with E-state index in [1.807, 2.05) is 6.20 Å². The summed E-state index contributed by atoms with van der Waals surface area (Å²) in [5, 5.41) is 3.48. The first-order valence-electron chi connectivity index (χ1n) is 6.99. The molecule has 0 radical (unpaired) electrons. The largest absolute Gasteiger partial charge is 0.441 e. The molecular formula is C16H20N2O. The van der Waals surface area contributed by atoms with E-state index in [9.17, 15) is 0 Å². The Bertz CT molecular complexity index is 550. The molecule has 1 N–H and O–H groups in total. The zero-order chi connectivity index (χ0) is 13.2. The molecule has 1 saturated carbocycles. The molecule has 3 rings (SSSR count). The summed E-state index contributed by atoms with van der Waals surface area (Å²) < 4.78 is 5.88. The van der Waals surface area contributed by atoms with Gasteiger partial charge in [-0.15, -0.1) is 0 Å². The zero-order valence-corrected chi connectivity index (χ0v) is 11.6. The maximum absolute atomic E-state index is 5.88. The fraction of sp³-hybridized carbons (Fsp3) is 0.438. The van der Waals surface area contributed by atoms with Gasteiger partial charge in [-0.1, -0.05) is 18.2 Å². The summed E-state index contributed by atoms with van der Waals surface area (Å²) in [7, 11) is 0. The standard InChI is InChI=1S/C16H20N2O/c1-11-4-3-5-12(2)16(11)14-10-18-15(19-14)8-9-17-13-6-7-13/h3-5,10,13,17H,6-9H2,1-2H3. The third kappa shape index (κ3) is 2.87. The van der Waals surface area contributed by atoms with E-state index in [0.29, 0.717) is 0 Å². The van der Waals surface area contributed by atoms with Gasteiger partial charge < -0.3 is 9.73 Å². The molecule has 0 unspecified atom stereocenters. The molecule has 1 aromatic carbocycles. The van der Waals surface area contributed by atoms with Gasteiger partial charge in [0, 0.05) is 24.6 Å². The van der Waals surface area contributed by atoms with Crippen molar-refractivity contribution in [3.63, 3.8) is 0 Å². The smallest absolute Gasteiger partial charge is 0.196 e. The number of benzene rings is 1. The van der Waals surface area contributed by atoms with Gasteiger partial charge in [0.1, 0.15) is 0 Å². The average molecular weight is 256 g/mol. The average Bonchev–Trinajstić information content (AvgIpc) is 3.08. The lowest BCUT2D eigenvalue weighted by Crippen LogP contribution is -2.19. The highest BCUT2D eigenvalue weighted by Gasteiger charge is 2.20. The van der Waals surface area contributed by atoms with Crippen LogP contribution in [-0.4, -0.2) is 17.6 Å². The number of nitrogens with zero attached hydrogens (tertiary/aromatic N) is 1. The number of hydrogen-bond donors (Lipinski definition) is 1. The van der Waals surface area contributed by atoms with E-state index >= 15 is 0 Å². The molecule has 0 saturated heterocycles. The first kappa shape index (κ1) is 12.4. The van der Waals surface area contributed by atoms with Crippen LogP contribution in [-0.2, 0) is 6.42 Å². The maximum atomic E-state index is 5.88. The monoisotopic (exact) mass is 256 g/mol. The second-order valence-corrected chi connectivity index (χ2v) is 5.36. The minimum absolute atomic E-state index is 0.744. The van der Waals surface area contributed by atoms with Crippen LogP contribution in [0.15, 0.2) is 28.8 Å². The predicted octanol–water partition coefficient (Wildman–Crippen LogP) is 3.25. The number of aryl methyl sites for hydroxylation is 2. The van der Waals surface area contributed by atoms with Gasteiger partial charge in [0.05, 0.1) is 6.20 Å². The van der Waals surface area contributed by atoms with Crippen molar-refractivity contribution in [2.75, 3.05) is 6.54 Å². The van der Waals surface area contributed by atoms with E-state index in [4.69, 9.17) is 4.42 Å². The van der Waals surface area contributed by atoms with E-state index in [2.05, 4.69) is 42.3 Å². The third-order valence-electron chi connectivity index (χ3n) is 3.63. The molecule has 3 heteroatoms. The molecule has 0 atom stereocenters. The first-order valence-corrected chi connectivity index (χ1v) is 6.99. The highest BCUT2D eigenvalue weighted by atomic mass is 16.4. The molecule has 0 aliphatic heterocycles. The van der Waals surface area contributed by atoms with E-state index in [-0.39, 0.29) is 0 Å². The van der Waals surface area contributed by atoms with Gasteiger partial charge in [0.25, 0.3) is 0 Å². The molecular weight excluding hydrogens is 236 g/mol.